The van der Waals surface area contributed by atoms with Crippen molar-refractivity contribution in [3.05, 3.63) is 98.4 Å². The van der Waals surface area contributed by atoms with Gasteiger partial charge in [-0.15, -0.1) is 0 Å². The highest BCUT2D eigenvalue weighted by Crippen LogP contribution is 2.27. The number of halogens is 2. The lowest BCUT2D eigenvalue weighted by Crippen LogP contribution is -2.54. The highest BCUT2D eigenvalue weighted by atomic mass is 79.9. The Morgan fingerprint density at radius 1 is 0.875 bits per heavy atom. The van der Waals surface area contributed by atoms with E-state index in [2.05, 4.69) is 37.2 Å². The van der Waals surface area contributed by atoms with E-state index in [1.807, 2.05) is 24.3 Å². The highest BCUT2D eigenvalue weighted by molar-refractivity contribution is 9.10. The molecule has 3 aromatic carbocycles. The van der Waals surface area contributed by atoms with Gasteiger partial charge in [0.15, 0.2) is 0 Å². The van der Waals surface area contributed by atoms with Gasteiger partial charge in [0, 0.05) is 20.1 Å². The van der Waals surface area contributed by atoms with Crippen molar-refractivity contribution in [3.63, 3.8) is 0 Å². The van der Waals surface area contributed by atoms with Crippen molar-refractivity contribution in [2.45, 2.75) is 6.61 Å². The fraction of sp³-hybridized carbons (Fsp3) is 0.0417. The van der Waals surface area contributed by atoms with Crippen LogP contribution in [-0.4, -0.2) is 17.8 Å². The van der Waals surface area contributed by atoms with Crippen LogP contribution in [0.4, 0.5) is 10.5 Å². The topological polar surface area (TPSA) is 75.7 Å². The van der Waals surface area contributed by atoms with E-state index in [4.69, 9.17) is 4.74 Å². The molecule has 4 rings (SSSR count). The predicted molar refractivity (Wildman–Crippen MR) is 128 cm³/mol. The molecular formula is C24H16Br2N2O4. The Hall–Kier alpha value is -3.23. The number of ether oxygens (including phenoxy) is 1. The maximum absolute atomic E-state index is 13.1. The minimum absolute atomic E-state index is 0.163. The summed E-state index contributed by atoms with van der Waals surface area (Å²) >= 11 is 6.82. The largest absolute Gasteiger partial charge is 0.488 e. The van der Waals surface area contributed by atoms with Crippen LogP contribution in [0.15, 0.2) is 87.3 Å². The van der Waals surface area contributed by atoms with Crippen molar-refractivity contribution in [2.75, 3.05) is 4.90 Å². The quantitative estimate of drug-likeness (QED) is 0.335. The predicted octanol–water partition coefficient (Wildman–Crippen LogP) is 5.46. The van der Waals surface area contributed by atoms with Crippen LogP contribution < -0.4 is 15.0 Å². The van der Waals surface area contributed by atoms with E-state index in [1.54, 1.807) is 48.5 Å². The summed E-state index contributed by atoms with van der Waals surface area (Å²) in [5, 5.41) is 2.23. The Balaban J connectivity index is 1.64. The zero-order chi connectivity index (χ0) is 22.7. The number of carbonyl (C=O) groups is 3. The number of benzene rings is 3. The lowest BCUT2D eigenvalue weighted by molar-refractivity contribution is -0.122. The van der Waals surface area contributed by atoms with Gasteiger partial charge in [-0.3, -0.25) is 14.9 Å². The minimum atomic E-state index is -0.794. The molecule has 4 amide bonds. The molecule has 1 N–H and O–H groups in total. The van der Waals surface area contributed by atoms with Crippen LogP contribution in [-0.2, 0) is 16.2 Å². The second-order valence-corrected chi connectivity index (χ2v) is 8.62. The van der Waals surface area contributed by atoms with Crippen molar-refractivity contribution < 1.29 is 19.1 Å². The third-order valence-corrected chi connectivity index (χ3v) is 6.05. The van der Waals surface area contributed by atoms with E-state index in [9.17, 15) is 14.4 Å². The second kappa shape index (κ2) is 9.50. The van der Waals surface area contributed by atoms with Crippen LogP contribution in [0.2, 0.25) is 0 Å². The van der Waals surface area contributed by atoms with Crippen LogP contribution in [0.25, 0.3) is 6.08 Å². The third-order valence-electron chi connectivity index (χ3n) is 4.75. The second-order valence-electron chi connectivity index (χ2n) is 6.85. The SMILES string of the molecule is O=C1NC(=O)N(c2ccc(Br)cc2)C(=O)/C1=C/c1ccccc1OCc1ccccc1Br. The van der Waals surface area contributed by atoms with Gasteiger partial charge in [0.2, 0.25) is 0 Å². The fourth-order valence-electron chi connectivity index (χ4n) is 3.14. The summed E-state index contributed by atoms with van der Waals surface area (Å²) in [4.78, 5) is 38.9. The van der Waals surface area contributed by atoms with Crippen LogP contribution in [0.1, 0.15) is 11.1 Å². The first kappa shape index (κ1) is 22.0. The number of rotatable bonds is 5. The minimum Gasteiger partial charge on any atom is -0.488 e. The first-order chi connectivity index (χ1) is 15.4. The summed E-state index contributed by atoms with van der Waals surface area (Å²) in [6, 6.07) is 20.6. The molecule has 0 aromatic heterocycles. The molecule has 0 bridgehead atoms. The van der Waals surface area contributed by atoms with Crippen LogP contribution in [0, 0.1) is 0 Å². The monoisotopic (exact) mass is 554 g/mol. The number of nitrogens with one attached hydrogen (secondary N) is 1. The van der Waals surface area contributed by atoms with Crippen molar-refractivity contribution >= 4 is 61.5 Å². The lowest BCUT2D eigenvalue weighted by Gasteiger charge is -2.26. The van der Waals surface area contributed by atoms with Gasteiger partial charge in [0.1, 0.15) is 17.9 Å². The number of nitrogens with zero attached hydrogens (tertiary/aromatic N) is 1. The first-order valence-electron chi connectivity index (χ1n) is 9.56. The molecule has 0 aliphatic carbocycles. The van der Waals surface area contributed by atoms with E-state index < -0.39 is 17.8 Å². The normalized spacial score (nSPS) is 15.1. The summed E-state index contributed by atoms with van der Waals surface area (Å²) in [7, 11) is 0. The van der Waals surface area contributed by atoms with Gasteiger partial charge in [-0.2, -0.15) is 0 Å². The van der Waals surface area contributed by atoms with Gasteiger partial charge < -0.3 is 4.74 Å². The highest BCUT2D eigenvalue weighted by Gasteiger charge is 2.36. The number of carbonyl (C=O) groups excluding carboxylic acids is 3. The Labute approximate surface area is 201 Å². The molecule has 160 valence electrons. The van der Waals surface area contributed by atoms with Crippen molar-refractivity contribution in [1.82, 2.24) is 5.32 Å². The third kappa shape index (κ3) is 4.66. The molecule has 0 atom stereocenters. The molecule has 1 aliphatic rings. The fourth-order valence-corrected chi connectivity index (χ4v) is 3.80. The maximum atomic E-state index is 13.1. The van der Waals surface area contributed by atoms with Gasteiger partial charge in [0.25, 0.3) is 11.8 Å². The number of imide groups is 2. The summed E-state index contributed by atoms with van der Waals surface area (Å²) in [6.45, 7) is 0.297. The molecule has 6 nitrogen and oxygen atoms in total. The van der Waals surface area contributed by atoms with Crippen molar-refractivity contribution in [1.29, 1.82) is 0 Å². The van der Waals surface area contributed by atoms with Gasteiger partial charge in [0.05, 0.1) is 5.69 Å². The summed E-state index contributed by atoms with van der Waals surface area (Å²) in [5.74, 6) is -0.959. The summed E-state index contributed by atoms with van der Waals surface area (Å²) in [5.41, 5.74) is 1.69. The van der Waals surface area contributed by atoms with Crippen molar-refractivity contribution in [2.24, 2.45) is 0 Å². The molecule has 3 aromatic rings. The molecule has 1 fully saturated rings. The molecule has 32 heavy (non-hydrogen) atoms. The van der Waals surface area contributed by atoms with Crippen LogP contribution in [0.5, 0.6) is 5.75 Å². The molecule has 0 radical (unpaired) electrons. The molecule has 1 saturated heterocycles. The van der Waals surface area contributed by atoms with Crippen molar-refractivity contribution in [3.8, 4) is 5.75 Å². The molecule has 8 heteroatoms. The number of anilines is 1. The molecule has 1 heterocycles. The average Bonchev–Trinajstić information content (AvgIpc) is 2.78. The Bertz CT molecular complexity index is 1240. The van der Waals surface area contributed by atoms with Gasteiger partial charge in [-0.05, 0) is 42.5 Å². The maximum Gasteiger partial charge on any atom is 0.335 e. The smallest absolute Gasteiger partial charge is 0.335 e. The molecule has 0 spiro atoms. The molecule has 0 unspecified atom stereocenters. The van der Waals surface area contributed by atoms with Gasteiger partial charge in [-0.25, -0.2) is 9.69 Å². The number of hydrogen-bond acceptors (Lipinski definition) is 4. The van der Waals surface area contributed by atoms with E-state index in [1.165, 1.54) is 6.08 Å². The van der Waals surface area contributed by atoms with E-state index in [-0.39, 0.29) is 5.57 Å². The van der Waals surface area contributed by atoms with E-state index in [0.717, 1.165) is 19.4 Å². The molecular weight excluding hydrogens is 540 g/mol. The Morgan fingerprint density at radius 2 is 1.56 bits per heavy atom. The molecule has 0 saturated carbocycles. The van der Waals surface area contributed by atoms with Gasteiger partial charge in [-0.1, -0.05) is 68.3 Å². The van der Waals surface area contributed by atoms with Crippen LogP contribution in [0.3, 0.4) is 0 Å². The number of para-hydroxylation sites is 1. The number of urea groups is 1. The Kier molecular flexibility index (Phi) is 6.53. The number of amides is 4. The number of hydrogen-bond donors (Lipinski definition) is 1. The summed E-state index contributed by atoms with van der Waals surface area (Å²) in [6.07, 6.45) is 1.44. The lowest BCUT2D eigenvalue weighted by atomic mass is 10.1. The first-order valence-corrected chi connectivity index (χ1v) is 11.1. The number of barbiturate groups is 1. The molecule has 1 aliphatic heterocycles. The Morgan fingerprint density at radius 3 is 2.31 bits per heavy atom. The zero-order valence-corrected chi connectivity index (χ0v) is 19.7. The summed E-state index contributed by atoms with van der Waals surface area (Å²) < 4.78 is 7.68. The average molecular weight is 556 g/mol. The standard InChI is InChI=1S/C24H16Br2N2O4/c25-17-9-11-18(12-10-17)28-23(30)19(22(29)27-24(28)31)13-15-5-2-4-8-21(15)32-14-16-6-1-3-7-20(16)26/h1-13H,14H2,(H,27,29,31)/b19-13+. The van der Waals surface area contributed by atoms with Crippen LogP contribution >= 0.6 is 31.9 Å². The van der Waals surface area contributed by atoms with E-state index >= 15 is 0 Å². The van der Waals surface area contributed by atoms with Gasteiger partial charge >= 0.3 is 6.03 Å². The zero-order valence-electron chi connectivity index (χ0n) is 16.5. The van der Waals surface area contributed by atoms with E-state index in [0.29, 0.717) is 23.6 Å².